The average Bonchev–Trinajstić information content (AvgIpc) is 3.17. The van der Waals surface area contributed by atoms with Crippen LogP contribution in [-0.2, 0) is 9.59 Å². The maximum atomic E-state index is 13.4. The van der Waals surface area contributed by atoms with Gasteiger partial charge in [-0.1, -0.05) is 80.1 Å². The fourth-order valence-corrected chi connectivity index (χ4v) is 4.62. The average molecular weight is 492 g/mol. The number of aliphatic hydroxyl groups excluding tert-OH is 1. The zero-order valence-electron chi connectivity index (χ0n) is 21.1. The van der Waals surface area contributed by atoms with Gasteiger partial charge in [-0.3, -0.25) is 14.5 Å². The number of aliphatic hydroxyl groups is 1. The van der Waals surface area contributed by atoms with Gasteiger partial charge in [-0.25, -0.2) is 0 Å². The van der Waals surface area contributed by atoms with Crippen molar-refractivity contribution in [2.45, 2.75) is 26.8 Å². The van der Waals surface area contributed by atoms with Crippen LogP contribution in [0, 0.1) is 12.8 Å². The molecule has 0 saturated carbocycles. The fraction of sp³-hybridized carbons (Fsp3) is 0.188. The highest BCUT2D eigenvalue weighted by Gasteiger charge is 2.47. The number of ketones is 1. The van der Waals surface area contributed by atoms with Crippen molar-refractivity contribution < 1.29 is 19.4 Å². The quantitative estimate of drug-likeness (QED) is 0.183. The Hall–Kier alpha value is -4.38. The van der Waals surface area contributed by atoms with E-state index in [0.29, 0.717) is 35.1 Å². The van der Waals surface area contributed by atoms with E-state index in [-0.39, 0.29) is 11.3 Å². The number of aryl methyl sites for hydroxylation is 1. The highest BCUT2D eigenvalue weighted by Crippen LogP contribution is 2.42. The summed E-state index contributed by atoms with van der Waals surface area (Å²) < 4.78 is 5.83. The highest BCUT2D eigenvalue weighted by atomic mass is 16.5. The third-order valence-electron chi connectivity index (χ3n) is 6.56. The molecule has 0 radical (unpaired) electrons. The third kappa shape index (κ3) is 4.73. The summed E-state index contributed by atoms with van der Waals surface area (Å²) in [5.41, 5.74) is 2.90. The number of ether oxygens (including phenoxy) is 1. The van der Waals surface area contributed by atoms with E-state index >= 15 is 0 Å². The molecule has 1 fully saturated rings. The van der Waals surface area contributed by atoms with Crippen molar-refractivity contribution in [3.63, 3.8) is 0 Å². The number of carbonyl (C=O) groups excluding carboxylic acids is 2. The first-order chi connectivity index (χ1) is 17.8. The van der Waals surface area contributed by atoms with Crippen LogP contribution >= 0.6 is 0 Å². The topological polar surface area (TPSA) is 66.8 Å². The lowest BCUT2D eigenvalue weighted by Gasteiger charge is -2.26. The van der Waals surface area contributed by atoms with Crippen molar-refractivity contribution in [2.75, 3.05) is 11.5 Å². The number of benzene rings is 4. The minimum atomic E-state index is -0.784. The van der Waals surface area contributed by atoms with Crippen LogP contribution in [0.25, 0.3) is 16.5 Å². The molecule has 4 aromatic carbocycles. The Morgan fingerprint density at radius 2 is 1.57 bits per heavy atom. The largest absolute Gasteiger partial charge is 0.507 e. The summed E-state index contributed by atoms with van der Waals surface area (Å²) in [4.78, 5) is 28.3. The molecule has 1 aliphatic rings. The molecule has 1 aliphatic heterocycles. The van der Waals surface area contributed by atoms with E-state index in [4.69, 9.17) is 4.74 Å². The molecular weight excluding hydrogens is 462 g/mol. The number of carbonyl (C=O) groups is 2. The van der Waals surface area contributed by atoms with Gasteiger partial charge in [0.1, 0.15) is 11.5 Å². The summed E-state index contributed by atoms with van der Waals surface area (Å²) in [5, 5.41) is 13.4. The molecule has 186 valence electrons. The molecule has 1 amide bonds. The predicted molar refractivity (Wildman–Crippen MR) is 147 cm³/mol. The lowest BCUT2D eigenvalue weighted by atomic mass is 9.94. The first kappa shape index (κ1) is 24.3. The number of hydrogen-bond donors (Lipinski definition) is 1. The summed E-state index contributed by atoms with van der Waals surface area (Å²) in [6, 6.07) is 27.3. The Morgan fingerprint density at radius 3 is 2.24 bits per heavy atom. The first-order valence-corrected chi connectivity index (χ1v) is 12.4. The van der Waals surface area contributed by atoms with Gasteiger partial charge in [-0.15, -0.1) is 0 Å². The normalized spacial score (nSPS) is 17.1. The summed E-state index contributed by atoms with van der Waals surface area (Å²) in [5.74, 6) is -0.481. The Balaban J connectivity index is 1.64. The molecule has 37 heavy (non-hydrogen) atoms. The van der Waals surface area contributed by atoms with E-state index in [1.807, 2.05) is 91.9 Å². The molecule has 1 N–H and O–H groups in total. The molecule has 5 nitrogen and oxygen atoms in total. The van der Waals surface area contributed by atoms with Crippen LogP contribution in [0.3, 0.4) is 0 Å². The van der Waals surface area contributed by atoms with Crippen LogP contribution in [0.1, 0.15) is 36.6 Å². The fourth-order valence-electron chi connectivity index (χ4n) is 4.62. The second-order valence-electron chi connectivity index (χ2n) is 9.84. The van der Waals surface area contributed by atoms with Gasteiger partial charge in [0.05, 0.1) is 18.2 Å². The minimum absolute atomic E-state index is 0.0664. The molecule has 4 aromatic rings. The molecule has 1 atom stereocenters. The van der Waals surface area contributed by atoms with Crippen LogP contribution in [-0.4, -0.2) is 23.4 Å². The van der Waals surface area contributed by atoms with Gasteiger partial charge < -0.3 is 9.84 Å². The zero-order valence-corrected chi connectivity index (χ0v) is 21.1. The van der Waals surface area contributed by atoms with Crippen molar-refractivity contribution >= 4 is 33.9 Å². The minimum Gasteiger partial charge on any atom is -0.507 e. The van der Waals surface area contributed by atoms with Crippen LogP contribution in [0.4, 0.5) is 5.69 Å². The molecular formula is C32H29NO4. The number of nitrogens with zero attached hydrogens (tertiary/aromatic N) is 1. The maximum absolute atomic E-state index is 13.4. The zero-order chi connectivity index (χ0) is 26.1. The molecule has 1 saturated heterocycles. The Kier molecular flexibility index (Phi) is 6.53. The SMILES string of the molecule is Cc1ccc(N2C(=O)C(=O)/C(=C(\O)c3ccc4ccccc4c3)C2c2ccc(OCC(C)C)cc2)cc1. The van der Waals surface area contributed by atoms with Gasteiger partial charge >= 0.3 is 0 Å². The van der Waals surface area contributed by atoms with Crippen molar-refractivity contribution in [1.29, 1.82) is 0 Å². The predicted octanol–water partition coefficient (Wildman–Crippen LogP) is 6.81. The van der Waals surface area contributed by atoms with E-state index in [2.05, 4.69) is 13.8 Å². The van der Waals surface area contributed by atoms with Crippen LogP contribution in [0.2, 0.25) is 0 Å². The van der Waals surface area contributed by atoms with E-state index in [1.54, 1.807) is 6.07 Å². The molecule has 0 spiro atoms. The summed E-state index contributed by atoms with van der Waals surface area (Å²) in [6.45, 7) is 6.71. The second-order valence-corrected chi connectivity index (χ2v) is 9.84. The van der Waals surface area contributed by atoms with Crippen LogP contribution in [0.5, 0.6) is 5.75 Å². The summed E-state index contributed by atoms with van der Waals surface area (Å²) in [7, 11) is 0. The van der Waals surface area contributed by atoms with E-state index in [9.17, 15) is 14.7 Å². The number of fused-ring (bicyclic) bond motifs is 1. The smallest absolute Gasteiger partial charge is 0.300 e. The molecule has 0 aromatic heterocycles. The van der Waals surface area contributed by atoms with Gasteiger partial charge in [-0.05, 0) is 59.5 Å². The van der Waals surface area contributed by atoms with Crippen molar-refractivity contribution in [2.24, 2.45) is 5.92 Å². The summed E-state index contributed by atoms with van der Waals surface area (Å²) in [6.07, 6.45) is 0. The van der Waals surface area contributed by atoms with Gasteiger partial charge in [0.2, 0.25) is 0 Å². The van der Waals surface area contributed by atoms with E-state index in [1.165, 1.54) is 4.90 Å². The molecule has 0 aliphatic carbocycles. The Morgan fingerprint density at radius 1 is 0.892 bits per heavy atom. The van der Waals surface area contributed by atoms with E-state index < -0.39 is 17.7 Å². The number of anilines is 1. The number of hydrogen-bond acceptors (Lipinski definition) is 4. The van der Waals surface area contributed by atoms with Gasteiger partial charge in [0.25, 0.3) is 11.7 Å². The van der Waals surface area contributed by atoms with Gasteiger partial charge in [0.15, 0.2) is 0 Å². The van der Waals surface area contributed by atoms with Crippen molar-refractivity contribution in [1.82, 2.24) is 0 Å². The molecule has 1 heterocycles. The second kappa shape index (κ2) is 9.94. The number of Topliss-reactive ketones (excluding diaryl/α,β-unsaturated/α-hetero) is 1. The lowest BCUT2D eigenvalue weighted by Crippen LogP contribution is -2.29. The lowest BCUT2D eigenvalue weighted by molar-refractivity contribution is -0.132. The first-order valence-electron chi connectivity index (χ1n) is 12.4. The molecule has 0 bridgehead atoms. The monoisotopic (exact) mass is 491 g/mol. The van der Waals surface area contributed by atoms with Crippen molar-refractivity contribution in [3.8, 4) is 5.75 Å². The van der Waals surface area contributed by atoms with Gasteiger partial charge in [-0.2, -0.15) is 0 Å². The molecule has 1 unspecified atom stereocenters. The number of amides is 1. The maximum Gasteiger partial charge on any atom is 0.300 e. The highest BCUT2D eigenvalue weighted by molar-refractivity contribution is 6.51. The summed E-state index contributed by atoms with van der Waals surface area (Å²) >= 11 is 0. The Bertz CT molecular complexity index is 1500. The van der Waals surface area contributed by atoms with Crippen LogP contribution in [0.15, 0.2) is 96.6 Å². The standard InChI is InChI=1S/C32H29NO4/c1-20(2)19-37-27-16-12-23(13-17-27)29-28(30(34)25-11-10-22-6-4-5-7-24(22)18-25)31(35)32(36)33(29)26-14-8-21(3)9-15-26/h4-18,20,29,34H,19H2,1-3H3/b30-28-. The van der Waals surface area contributed by atoms with Crippen LogP contribution < -0.4 is 9.64 Å². The third-order valence-corrected chi connectivity index (χ3v) is 6.56. The van der Waals surface area contributed by atoms with Crippen molar-refractivity contribution in [3.05, 3.63) is 113 Å². The van der Waals surface area contributed by atoms with Gasteiger partial charge in [0, 0.05) is 11.3 Å². The van der Waals surface area contributed by atoms with E-state index in [0.717, 1.165) is 16.3 Å². The number of rotatable bonds is 6. The Labute approximate surface area is 216 Å². The molecule has 5 heteroatoms. The molecule has 5 rings (SSSR count).